The monoisotopic (exact) mass is 475 g/mol. The van der Waals surface area contributed by atoms with Crippen LogP contribution in [0.1, 0.15) is 39.2 Å². The first-order valence-electron chi connectivity index (χ1n) is 8.88. The number of rotatable bonds is 6. The number of amides is 1. The first-order valence-corrected chi connectivity index (χ1v) is 8.88. The van der Waals surface area contributed by atoms with Gasteiger partial charge in [-0.25, -0.2) is 4.98 Å². The minimum atomic E-state index is 0. The molecular weight excluding hydrogens is 445 g/mol. The lowest BCUT2D eigenvalue weighted by Gasteiger charge is -2.18. The number of hydrogen-bond acceptors (Lipinski definition) is 4. The zero-order valence-electron chi connectivity index (χ0n) is 16.0. The summed E-state index contributed by atoms with van der Waals surface area (Å²) in [7, 11) is 1.75. The van der Waals surface area contributed by atoms with Gasteiger partial charge in [0.2, 0.25) is 11.8 Å². The average molecular weight is 475 g/mol. The number of guanidine groups is 1. The number of pyridine rings is 1. The Morgan fingerprint density at radius 2 is 2.23 bits per heavy atom. The molecule has 2 N–H and O–H groups in total. The van der Waals surface area contributed by atoms with Gasteiger partial charge in [-0.2, -0.15) is 0 Å². The zero-order chi connectivity index (χ0) is 18.2. The molecule has 1 aliphatic rings. The van der Waals surface area contributed by atoms with E-state index in [1.807, 2.05) is 37.8 Å². The van der Waals surface area contributed by atoms with Crippen LogP contribution in [0.4, 0.5) is 0 Å². The van der Waals surface area contributed by atoms with Crippen LogP contribution in [0.5, 0.6) is 5.88 Å². The van der Waals surface area contributed by atoms with Crippen molar-refractivity contribution in [3.05, 3.63) is 23.9 Å². The Hall–Kier alpha value is -1.58. The Morgan fingerprint density at radius 3 is 2.81 bits per heavy atom. The smallest absolute Gasteiger partial charge is 0.222 e. The lowest BCUT2D eigenvalue weighted by molar-refractivity contribution is -0.129. The minimum Gasteiger partial charge on any atom is -0.475 e. The van der Waals surface area contributed by atoms with E-state index < -0.39 is 0 Å². The third kappa shape index (κ3) is 6.97. The maximum Gasteiger partial charge on any atom is 0.222 e. The van der Waals surface area contributed by atoms with E-state index in [1.165, 1.54) is 0 Å². The molecule has 0 bridgehead atoms. The van der Waals surface area contributed by atoms with E-state index in [1.54, 1.807) is 13.2 Å². The van der Waals surface area contributed by atoms with Gasteiger partial charge in [0.1, 0.15) is 0 Å². The number of likely N-dealkylation sites (tertiary alicyclic amines) is 1. The van der Waals surface area contributed by atoms with Crippen LogP contribution in [0.3, 0.4) is 0 Å². The molecule has 8 heteroatoms. The molecule has 1 fully saturated rings. The van der Waals surface area contributed by atoms with Crippen molar-refractivity contribution in [2.75, 3.05) is 20.1 Å². The van der Waals surface area contributed by atoms with E-state index >= 15 is 0 Å². The van der Waals surface area contributed by atoms with Gasteiger partial charge < -0.3 is 20.3 Å². The van der Waals surface area contributed by atoms with E-state index in [4.69, 9.17) is 4.74 Å². The maximum absolute atomic E-state index is 11.8. The van der Waals surface area contributed by atoms with Crippen LogP contribution in [0.15, 0.2) is 23.3 Å². The predicted octanol–water partition coefficient (Wildman–Crippen LogP) is 2.16. The molecule has 1 saturated heterocycles. The molecular formula is C18H30IN5O2. The summed E-state index contributed by atoms with van der Waals surface area (Å²) in [6.45, 7) is 8.02. The molecule has 146 valence electrons. The lowest BCUT2D eigenvalue weighted by atomic mass is 10.2. The molecule has 0 aromatic carbocycles. The van der Waals surface area contributed by atoms with E-state index in [0.29, 0.717) is 18.8 Å². The fraction of sp³-hybridized carbons (Fsp3) is 0.611. The number of aromatic nitrogens is 1. The van der Waals surface area contributed by atoms with Gasteiger partial charge >= 0.3 is 0 Å². The number of nitrogens with one attached hydrogen (secondary N) is 2. The molecule has 0 spiro atoms. The highest BCUT2D eigenvalue weighted by molar-refractivity contribution is 14.0. The first-order chi connectivity index (χ1) is 12.0. The summed E-state index contributed by atoms with van der Waals surface area (Å²) in [5.41, 5.74) is 1.05. The van der Waals surface area contributed by atoms with Crippen molar-refractivity contribution in [3.8, 4) is 5.88 Å². The number of nitrogens with zero attached hydrogens (tertiary/aromatic N) is 3. The highest BCUT2D eigenvalue weighted by Crippen LogP contribution is 2.11. The number of ether oxygens (including phenoxy) is 1. The van der Waals surface area contributed by atoms with Gasteiger partial charge in [-0.15, -0.1) is 24.0 Å². The van der Waals surface area contributed by atoms with Gasteiger partial charge in [0.15, 0.2) is 5.96 Å². The third-order valence-electron chi connectivity index (χ3n) is 4.02. The Labute approximate surface area is 173 Å². The summed E-state index contributed by atoms with van der Waals surface area (Å²) >= 11 is 0. The Morgan fingerprint density at radius 1 is 1.46 bits per heavy atom. The summed E-state index contributed by atoms with van der Waals surface area (Å²) < 4.78 is 5.54. The highest BCUT2D eigenvalue weighted by atomic mass is 127. The molecule has 0 aliphatic carbocycles. The number of halogens is 1. The minimum absolute atomic E-state index is 0. The van der Waals surface area contributed by atoms with Crippen LogP contribution in [0.2, 0.25) is 0 Å². The van der Waals surface area contributed by atoms with E-state index in [9.17, 15) is 4.79 Å². The van der Waals surface area contributed by atoms with Crippen LogP contribution in [0.25, 0.3) is 0 Å². The summed E-state index contributed by atoms with van der Waals surface area (Å²) in [6, 6.07) is 4.10. The Kier molecular flexibility index (Phi) is 9.68. The van der Waals surface area contributed by atoms with Crippen molar-refractivity contribution in [3.63, 3.8) is 0 Å². The quantitative estimate of drug-likeness (QED) is 0.375. The topological polar surface area (TPSA) is 78.9 Å². The van der Waals surface area contributed by atoms with Crippen molar-refractivity contribution in [2.24, 2.45) is 4.99 Å². The molecule has 2 heterocycles. The molecule has 1 aliphatic heterocycles. The van der Waals surface area contributed by atoms with Crippen LogP contribution in [0, 0.1) is 0 Å². The summed E-state index contributed by atoms with van der Waals surface area (Å²) in [5, 5.41) is 6.67. The Bertz CT molecular complexity index is 592. The molecule has 0 radical (unpaired) electrons. The molecule has 1 aromatic rings. The SMILES string of the molecule is CCC(=O)N1CCC(NC(=NC)NCc2ccc(OC(C)C)nc2)C1.I. The molecule has 1 unspecified atom stereocenters. The van der Waals surface area contributed by atoms with Gasteiger partial charge in [0.25, 0.3) is 0 Å². The largest absolute Gasteiger partial charge is 0.475 e. The summed E-state index contributed by atoms with van der Waals surface area (Å²) in [6.07, 6.45) is 3.42. The number of hydrogen-bond donors (Lipinski definition) is 2. The van der Waals surface area contributed by atoms with Crippen LogP contribution >= 0.6 is 24.0 Å². The molecule has 26 heavy (non-hydrogen) atoms. The summed E-state index contributed by atoms with van der Waals surface area (Å²) in [5.74, 6) is 1.58. The fourth-order valence-electron chi connectivity index (χ4n) is 2.73. The molecule has 0 saturated carbocycles. The second-order valence-corrected chi connectivity index (χ2v) is 6.42. The molecule has 7 nitrogen and oxygen atoms in total. The van der Waals surface area contributed by atoms with E-state index in [-0.39, 0.29) is 42.0 Å². The molecule has 1 atom stereocenters. The number of carbonyl (C=O) groups is 1. The second-order valence-electron chi connectivity index (χ2n) is 6.42. The van der Waals surface area contributed by atoms with Crippen molar-refractivity contribution in [1.82, 2.24) is 20.5 Å². The summed E-state index contributed by atoms with van der Waals surface area (Å²) in [4.78, 5) is 22.2. The van der Waals surface area contributed by atoms with E-state index in [0.717, 1.165) is 31.0 Å². The average Bonchev–Trinajstić information content (AvgIpc) is 3.07. The normalized spacial score (nSPS) is 17.0. The Balaban J connectivity index is 0.00000338. The predicted molar refractivity (Wildman–Crippen MR) is 114 cm³/mol. The maximum atomic E-state index is 11.8. The van der Waals surface area contributed by atoms with E-state index in [2.05, 4.69) is 20.6 Å². The van der Waals surface area contributed by atoms with Crippen molar-refractivity contribution < 1.29 is 9.53 Å². The van der Waals surface area contributed by atoms with Gasteiger partial charge in [-0.1, -0.05) is 13.0 Å². The molecule has 2 rings (SSSR count). The molecule has 1 amide bonds. The number of carbonyl (C=O) groups excluding carboxylic acids is 1. The molecule has 1 aromatic heterocycles. The highest BCUT2D eigenvalue weighted by Gasteiger charge is 2.25. The lowest BCUT2D eigenvalue weighted by Crippen LogP contribution is -2.44. The van der Waals surface area contributed by atoms with Crippen LogP contribution in [-0.2, 0) is 11.3 Å². The van der Waals surface area contributed by atoms with Gasteiger partial charge in [-0.3, -0.25) is 9.79 Å². The van der Waals surface area contributed by atoms with Crippen molar-refractivity contribution in [2.45, 2.75) is 52.3 Å². The second kappa shape index (κ2) is 11.2. The van der Waals surface area contributed by atoms with Crippen molar-refractivity contribution in [1.29, 1.82) is 0 Å². The zero-order valence-corrected chi connectivity index (χ0v) is 18.3. The van der Waals surface area contributed by atoms with Gasteiger partial charge in [0, 0.05) is 51.4 Å². The third-order valence-corrected chi connectivity index (χ3v) is 4.02. The van der Waals surface area contributed by atoms with Crippen molar-refractivity contribution >= 4 is 35.8 Å². The fourth-order valence-corrected chi connectivity index (χ4v) is 2.73. The first kappa shape index (κ1) is 22.5. The van der Waals surface area contributed by atoms with Gasteiger partial charge in [0.05, 0.1) is 6.10 Å². The number of aliphatic imine (C=N–C) groups is 1. The van der Waals surface area contributed by atoms with Crippen LogP contribution < -0.4 is 15.4 Å². The van der Waals surface area contributed by atoms with Gasteiger partial charge in [-0.05, 0) is 25.8 Å². The standard InChI is InChI=1S/C18H29N5O2.HI/c1-5-17(24)23-9-8-15(12-23)22-18(19-4)21-11-14-6-7-16(20-10-14)25-13(2)3;/h6-7,10,13,15H,5,8-9,11-12H2,1-4H3,(H2,19,21,22);1H. The van der Waals surface area contributed by atoms with Crippen LogP contribution in [-0.4, -0.2) is 54.0 Å².